The first-order valence-corrected chi connectivity index (χ1v) is 35.3. The molecule has 0 amide bonds. The molecule has 4 unspecified atom stereocenters. The zero-order valence-electron chi connectivity index (χ0n) is 43.2. The van der Waals surface area contributed by atoms with Crippen molar-refractivity contribution in [2.45, 2.75) is 201 Å². The van der Waals surface area contributed by atoms with Gasteiger partial charge in [-0.25, -0.2) is 70.2 Å². The number of halogens is 16. The van der Waals surface area contributed by atoms with Crippen LogP contribution in [0.1, 0.15) is 83.1 Å². The molecule has 0 saturated heterocycles. The Hall–Kier alpha value is -2.27. The summed E-state index contributed by atoms with van der Waals surface area (Å²) in [7, 11) is -16.1. The maximum Gasteiger partial charge on any atom is 0.270 e. The van der Waals surface area contributed by atoms with E-state index in [-0.39, 0.29) is 0 Å². The van der Waals surface area contributed by atoms with Gasteiger partial charge < -0.3 is 0 Å². The van der Waals surface area contributed by atoms with Crippen molar-refractivity contribution in [3.63, 3.8) is 0 Å². The molecule has 0 bridgehead atoms. The molecule has 0 radical (unpaired) electrons. The highest BCUT2D eigenvalue weighted by molar-refractivity contribution is 7.06. The maximum absolute atomic E-state index is 17.9. The van der Waals surface area contributed by atoms with Gasteiger partial charge in [-0.1, -0.05) is 135 Å². The Morgan fingerprint density at radius 3 is 0.565 bits per heavy atom. The first kappa shape index (κ1) is 59.3. The lowest BCUT2D eigenvalue weighted by Crippen LogP contribution is -2.58. The lowest BCUT2D eigenvalue weighted by molar-refractivity contribution is 0.0421. The van der Waals surface area contributed by atoms with E-state index < -0.39 is 197 Å². The minimum absolute atomic E-state index is 0.602. The molecule has 4 rings (SSSR count). The van der Waals surface area contributed by atoms with Gasteiger partial charge in [-0.05, 0) is 44.5 Å². The summed E-state index contributed by atoms with van der Waals surface area (Å²) in [5.74, 6) is -40.1. The summed E-state index contributed by atoms with van der Waals surface area (Å²) in [6, 6.07) is 0. The first-order chi connectivity index (χ1) is 30.1. The zero-order chi connectivity index (χ0) is 54.6. The Balaban J connectivity index is 2.55. The number of hydrogen-bond donors (Lipinski definition) is 0. The van der Waals surface area contributed by atoms with E-state index in [2.05, 4.69) is 0 Å². The molecule has 392 valence electrons. The van der Waals surface area contributed by atoms with Gasteiger partial charge in [0.1, 0.15) is 52.8 Å². The van der Waals surface area contributed by atoms with E-state index in [1.54, 1.807) is 0 Å². The van der Waals surface area contributed by atoms with Crippen molar-refractivity contribution in [3.05, 3.63) is 92.8 Å². The van der Waals surface area contributed by atoms with Gasteiger partial charge in [-0.15, -0.1) is 0 Å². The van der Waals surface area contributed by atoms with Crippen LogP contribution in [0.15, 0.2) is 92.8 Å². The summed E-state index contributed by atoms with van der Waals surface area (Å²) >= 11 is 0. The van der Waals surface area contributed by atoms with Crippen LogP contribution in [0.2, 0.25) is 94.7 Å². The molecule has 0 heterocycles. The molecule has 4 aliphatic carbocycles. The van der Waals surface area contributed by atoms with Crippen molar-refractivity contribution in [2.75, 3.05) is 0 Å². The average Bonchev–Trinajstić information content (AvgIpc) is 3.10. The number of alkyl halides is 8. The third-order valence-electron chi connectivity index (χ3n) is 18.3. The Kier molecular flexibility index (Phi) is 14.5. The third-order valence-corrected chi connectivity index (χ3v) is 42.1. The summed E-state index contributed by atoms with van der Waals surface area (Å²) in [6.07, 6.45) is -8.55. The molecule has 0 aromatic rings. The molecule has 0 spiro atoms. The van der Waals surface area contributed by atoms with Gasteiger partial charge >= 0.3 is 0 Å². The average molecular weight is 1070 g/mol. The van der Waals surface area contributed by atoms with Crippen molar-refractivity contribution in [3.8, 4) is 0 Å². The second-order valence-electron chi connectivity index (χ2n) is 26.2. The van der Waals surface area contributed by atoms with Crippen molar-refractivity contribution >= 4 is 38.4 Å². The Morgan fingerprint density at radius 1 is 0.319 bits per heavy atom. The van der Waals surface area contributed by atoms with Crippen molar-refractivity contribution in [1.82, 2.24) is 0 Å². The Morgan fingerprint density at radius 2 is 0.449 bits per heavy atom. The molecule has 0 saturated carbocycles. The van der Waals surface area contributed by atoms with E-state index in [9.17, 15) is 0 Å². The Labute approximate surface area is 401 Å². The van der Waals surface area contributed by atoms with Gasteiger partial charge in [0.05, 0.1) is 54.5 Å². The fraction of sp³-hybridized carbons (Fsp3) is 0.667. The van der Waals surface area contributed by atoms with E-state index in [1.807, 2.05) is 0 Å². The van der Waals surface area contributed by atoms with Crippen LogP contribution in [0.4, 0.5) is 70.2 Å². The van der Waals surface area contributed by atoms with Crippen LogP contribution < -0.4 is 0 Å². The lowest BCUT2D eigenvalue weighted by Gasteiger charge is -2.56. The van der Waals surface area contributed by atoms with Crippen molar-refractivity contribution < 1.29 is 70.2 Å². The highest BCUT2D eigenvalue weighted by Gasteiger charge is 2.67. The maximum atomic E-state index is 17.9. The molecule has 0 N–H and O–H groups in total. The van der Waals surface area contributed by atoms with E-state index in [0.29, 0.717) is 0 Å². The van der Waals surface area contributed by atoms with Crippen LogP contribution in [-0.2, 0) is 0 Å². The minimum Gasteiger partial charge on any atom is -0.209 e. The predicted octanol–water partition coefficient (Wildman–Crippen LogP) is 20.0. The molecule has 4 atom stereocenters. The molecule has 0 aromatic heterocycles. The largest absolute Gasteiger partial charge is 0.270 e. The van der Waals surface area contributed by atoms with Gasteiger partial charge in [-0.3, -0.25) is 0 Å². The Bertz CT molecular complexity index is 2070. The van der Waals surface area contributed by atoms with Crippen molar-refractivity contribution in [2.24, 2.45) is 0 Å². The molecule has 0 aromatic carbocycles. The normalized spacial score (nSPS) is 27.5. The van der Waals surface area contributed by atoms with Crippen LogP contribution in [0, 0.1) is 0 Å². The predicted molar refractivity (Wildman–Crippen MR) is 259 cm³/mol. The highest BCUT2D eigenvalue weighted by atomic mass is 28.3. The van der Waals surface area contributed by atoms with Crippen molar-refractivity contribution in [1.29, 1.82) is 0 Å². The zero-order valence-corrected chi connectivity index (χ0v) is 47.2. The smallest absolute Gasteiger partial charge is 0.209 e. The van der Waals surface area contributed by atoms with E-state index >= 15 is 70.2 Å². The SMILES string of the molecule is CC(C)(C)[Si](C)(C)C1C(F)=C(F)C([B-](C2=CC(F)(F)C([Si](C)(C)C(C)(C)C)C(F)=C2F)(C2=CC(F)(F)C([Si](C)(C)C(C)(C)C)C(F)=C2F)C2=CC(F)(F)C([Si](C)(C)C(C)(C)C)C(F)=C2F)=CC1(F)F. The molecular weight excluding hydrogens is 1000 g/mol. The highest BCUT2D eigenvalue weighted by Crippen LogP contribution is 2.68. The van der Waals surface area contributed by atoms with Gasteiger partial charge in [0.25, 0.3) is 23.7 Å². The quantitative estimate of drug-likeness (QED) is 0.168. The molecule has 4 aliphatic rings. The third kappa shape index (κ3) is 8.85. The van der Waals surface area contributed by atoms with E-state index in [4.69, 9.17) is 0 Å². The number of hydrogen-bond acceptors (Lipinski definition) is 0. The summed E-state index contributed by atoms with van der Waals surface area (Å²) in [5.41, 5.74) is -20.7. The van der Waals surface area contributed by atoms with Crippen LogP contribution in [-0.4, -0.2) is 62.1 Å². The van der Waals surface area contributed by atoms with Crippen LogP contribution in [0.5, 0.6) is 0 Å². The second kappa shape index (κ2) is 16.9. The molecule has 21 heteroatoms. The monoisotopic (exact) mass is 1070 g/mol. The summed E-state index contributed by atoms with van der Waals surface area (Å²) < 4.78 is 279. The number of rotatable bonds is 8. The topological polar surface area (TPSA) is 0 Å². The summed E-state index contributed by atoms with van der Waals surface area (Å²) in [6.45, 7) is 26.4. The summed E-state index contributed by atoms with van der Waals surface area (Å²) in [5, 5.41) is -5.03. The van der Waals surface area contributed by atoms with Gasteiger partial charge in [0.15, 0.2) is 0 Å². The standard InChI is InChI=1S/C48H68BF16Si4/c1-41(2,3)66(13,14)37-33(54)29(50)25(21-45(37,58)59)49(26-22-46(60,61)38(34(55)30(26)51)67(15,16)42(4,5)6,27-23-47(62,63)39(35(56)31(27)52)68(17,18)43(7,8)9)28-24-48(64,65)40(36(57)32(28)53)69(19,20)44(10,11)12/h21-24,37-40H,1-20H3/q-1. The van der Waals surface area contributed by atoms with E-state index in [1.165, 1.54) is 135 Å². The molecule has 69 heavy (non-hydrogen) atoms. The first-order valence-electron chi connectivity index (χ1n) is 23.0. The minimum atomic E-state index is -6.14. The van der Waals surface area contributed by atoms with E-state index in [0.717, 1.165) is 0 Å². The molecular formula is C48H68BF16Si4-. The second-order valence-corrected chi connectivity index (χ2v) is 48.3. The van der Waals surface area contributed by atoms with Crippen LogP contribution in [0.25, 0.3) is 0 Å². The van der Waals surface area contributed by atoms with Gasteiger partial charge in [-0.2, -0.15) is 21.9 Å². The van der Waals surface area contributed by atoms with Gasteiger partial charge in [0, 0.05) is 0 Å². The molecule has 0 nitrogen and oxygen atoms in total. The van der Waals surface area contributed by atoms with Gasteiger partial charge in [0.2, 0.25) is 0 Å². The number of allylic oxidation sites excluding steroid dienone is 16. The molecule has 0 aliphatic heterocycles. The fourth-order valence-electron chi connectivity index (χ4n) is 10.3. The summed E-state index contributed by atoms with van der Waals surface area (Å²) in [4.78, 5) is 0. The molecule has 0 fully saturated rings. The van der Waals surface area contributed by atoms with Crippen LogP contribution >= 0.6 is 0 Å². The van der Waals surface area contributed by atoms with Crippen LogP contribution in [0.3, 0.4) is 0 Å². The fourth-order valence-corrected chi connectivity index (χ4v) is 21.0. The lowest BCUT2D eigenvalue weighted by atomic mass is 9.09.